The molecule has 2 atom stereocenters. The summed E-state index contributed by atoms with van der Waals surface area (Å²) in [4.78, 5) is 26.4. The number of anilines is 2. The van der Waals surface area contributed by atoms with Crippen LogP contribution < -0.4 is 20.3 Å². The van der Waals surface area contributed by atoms with Crippen LogP contribution in [0.1, 0.15) is 26.7 Å². The van der Waals surface area contributed by atoms with Gasteiger partial charge in [0.25, 0.3) is 5.91 Å². The number of hydrogen-bond acceptors (Lipinski definition) is 4. The topological polar surface area (TPSA) is 70.7 Å². The fraction of sp³-hybridized carbons (Fsp3) is 0.364. The first-order valence-corrected chi connectivity index (χ1v) is 10.1. The molecule has 0 spiro atoms. The third-order valence-electron chi connectivity index (χ3n) is 4.77. The standard InChI is InChI=1S/C22H26ClN3O3/c1-15(29-21-10-3-6-17(23)12-21)22(28)26(14-19-8-5-11-24-19)20-9-4-7-18(13-20)25-16(2)27/h3-4,6-7,9-10,12-13,15,19,24H,5,8,11,14H2,1-2H3,(H,25,27)/t15?,19-/m1/s1. The maximum Gasteiger partial charge on any atom is 0.267 e. The Labute approximate surface area is 176 Å². The Balaban J connectivity index is 1.82. The van der Waals surface area contributed by atoms with Crippen molar-refractivity contribution in [2.45, 2.75) is 38.8 Å². The Morgan fingerprint density at radius 2 is 2.07 bits per heavy atom. The summed E-state index contributed by atoms with van der Waals surface area (Å²) < 4.78 is 5.85. The maximum absolute atomic E-state index is 13.3. The first kappa shape index (κ1) is 21.1. The summed E-state index contributed by atoms with van der Waals surface area (Å²) >= 11 is 6.02. The molecule has 2 N–H and O–H groups in total. The Morgan fingerprint density at radius 3 is 2.76 bits per heavy atom. The highest BCUT2D eigenvalue weighted by atomic mass is 35.5. The average molecular weight is 416 g/mol. The first-order chi connectivity index (χ1) is 13.9. The number of ether oxygens (including phenoxy) is 1. The number of halogens is 1. The quantitative estimate of drug-likeness (QED) is 0.720. The second-order valence-electron chi connectivity index (χ2n) is 7.19. The summed E-state index contributed by atoms with van der Waals surface area (Å²) in [5.41, 5.74) is 1.37. The molecular formula is C22H26ClN3O3. The van der Waals surface area contributed by atoms with Crippen LogP contribution in [0.4, 0.5) is 11.4 Å². The minimum atomic E-state index is -0.695. The number of nitrogens with zero attached hydrogens (tertiary/aromatic N) is 1. The smallest absolute Gasteiger partial charge is 0.267 e. The monoisotopic (exact) mass is 415 g/mol. The van der Waals surface area contributed by atoms with E-state index in [0.29, 0.717) is 23.0 Å². The molecule has 6 nitrogen and oxygen atoms in total. The van der Waals surface area contributed by atoms with Gasteiger partial charge in [-0.05, 0) is 62.7 Å². The Kier molecular flexibility index (Phi) is 7.12. The fourth-order valence-corrected chi connectivity index (χ4v) is 3.60. The van der Waals surface area contributed by atoms with Gasteiger partial charge < -0.3 is 20.3 Å². The van der Waals surface area contributed by atoms with E-state index in [2.05, 4.69) is 10.6 Å². The minimum Gasteiger partial charge on any atom is -0.481 e. The van der Waals surface area contributed by atoms with Gasteiger partial charge in [-0.15, -0.1) is 0 Å². The van der Waals surface area contributed by atoms with Crippen LogP contribution in [0.5, 0.6) is 5.75 Å². The van der Waals surface area contributed by atoms with Gasteiger partial charge in [0.15, 0.2) is 6.10 Å². The van der Waals surface area contributed by atoms with Gasteiger partial charge in [0.1, 0.15) is 5.75 Å². The van der Waals surface area contributed by atoms with Gasteiger partial charge in [0.2, 0.25) is 5.91 Å². The molecule has 1 fully saturated rings. The van der Waals surface area contributed by atoms with Crippen molar-refractivity contribution in [3.05, 3.63) is 53.6 Å². The molecule has 0 radical (unpaired) electrons. The van der Waals surface area contributed by atoms with Crippen molar-refractivity contribution in [2.75, 3.05) is 23.3 Å². The molecule has 1 saturated heterocycles. The van der Waals surface area contributed by atoms with E-state index in [0.717, 1.165) is 25.1 Å². The predicted octanol–water partition coefficient (Wildman–Crippen LogP) is 3.85. The van der Waals surface area contributed by atoms with Crippen LogP contribution in [-0.2, 0) is 9.59 Å². The highest BCUT2D eigenvalue weighted by Crippen LogP contribution is 2.24. The predicted molar refractivity (Wildman–Crippen MR) is 116 cm³/mol. The van der Waals surface area contributed by atoms with Crippen LogP contribution in [0.2, 0.25) is 5.02 Å². The average Bonchev–Trinajstić information content (AvgIpc) is 3.18. The van der Waals surface area contributed by atoms with E-state index in [4.69, 9.17) is 16.3 Å². The molecule has 154 valence electrons. The normalized spacial score (nSPS) is 16.9. The molecule has 2 aromatic carbocycles. The van der Waals surface area contributed by atoms with E-state index in [1.165, 1.54) is 6.92 Å². The van der Waals surface area contributed by atoms with E-state index < -0.39 is 6.10 Å². The van der Waals surface area contributed by atoms with Crippen molar-refractivity contribution in [3.63, 3.8) is 0 Å². The van der Waals surface area contributed by atoms with Crippen molar-refractivity contribution in [1.29, 1.82) is 0 Å². The number of hydrogen-bond donors (Lipinski definition) is 2. The molecule has 0 aliphatic carbocycles. The van der Waals surface area contributed by atoms with Crippen molar-refractivity contribution < 1.29 is 14.3 Å². The molecule has 0 aromatic heterocycles. The highest BCUT2D eigenvalue weighted by molar-refractivity contribution is 6.30. The lowest BCUT2D eigenvalue weighted by Crippen LogP contribution is -2.46. The van der Waals surface area contributed by atoms with Crippen molar-refractivity contribution >= 4 is 34.8 Å². The second-order valence-corrected chi connectivity index (χ2v) is 7.63. The van der Waals surface area contributed by atoms with Crippen molar-refractivity contribution in [3.8, 4) is 5.75 Å². The van der Waals surface area contributed by atoms with Gasteiger partial charge in [-0.3, -0.25) is 9.59 Å². The lowest BCUT2D eigenvalue weighted by molar-refractivity contribution is -0.124. The summed E-state index contributed by atoms with van der Waals surface area (Å²) in [5.74, 6) is 0.234. The Morgan fingerprint density at radius 1 is 1.28 bits per heavy atom. The number of carbonyl (C=O) groups is 2. The largest absolute Gasteiger partial charge is 0.481 e. The Hall–Kier alpha value is -2.57. The Bertz CT molecular complexity index is 868. The molecular weight excluding hydrogens is 390 g/mol. The zero-order valence-corrected chi connectivity index (χ0v) is 17.4. The maximum atomic E-state index is 13.3. The molecule has 0 saturated carbocycles. The minimum absolute atomic E-state index is 0.154. The fourth-order valence-electron chi connectivity index (χ4n) is 3.42. The summed E-state index contributed by atoms with van der Waals surface area (Å²) in [7, 11) is 0. The van der Waals surface area contributed by atoms with Gasteiger partial charge in [-0.1, -0.05) is 23.7 Å². The van der Waals surface area contributed by atoms with Gasteiger partial charge in [-0.2, -0.15) is 0 Å². The molecule has 0 bridgehead atoms. The number of carbonyl (C=O) groups excluding carboxylic acids is 2. The van der Waals surface area contributed by atoms with Crippen LogP contribution in [0, 0.1) is 0 Å². The van der Waals surface area contributed by atoms with Gasteiger partial charge in [-0.25, -0.2) is 0 Å². The molecule has 2 aromatic rings. The zero-order chi connectivity index (χ0) is 20.8. The lowest BCUT2D eigenvalue weighted by atomic mass is 10.1. The summed E-state index contributed by atoms with van der Waals surface area (Å²) in [6.45, 7) is 4.67. The van der Waals surface area contributed by atoms with E-state index in [1.807, 2.05) is 12.1 Å². The molecule has 2 amide bonds. The molecule has 1 aliphatic rings. The van der Waals surface area contributed by atoms with Crippen LogP contribution >= 0.6 is 11.6 Å². The zero-order valence-electron chi connectivity index (χ0n) is 16.7. The van der Waals surface area contributed by atoms with E-state index in [9.17, 15) is 9.59 Å². The van der Waals surface area contributed by atoms with Crippen molar-refractivity contribution in [2.24, 2.45) is 0 Å². The third kappa shape index (κ3) is 5.95. The molecule has 1 unspecified atom stereocenters. The first-order valence-electron chi connectivity index (χ1n) is 9.77. The highest BCUT2D eigenvalue weighted by Gasteiger charge is 2.27. The molecule has 1 aliphatic heterocycles. The summed E-state index contributed by atoms with van der Waals surface area (Å²) in [6.07, 6.45) is 1.41. The number of nitrogens with one attached hydrogen (secondary N) is 2. The van der Waals surface area contributed by atoms with E-state index >= 15 is 0 Å². The van der Waals surface area contributed by atoms with Crippen molar-refractivity contribution in [1.82, 2.24) is 5.32 Å². The van der Waals surface area contributed by atoms with Crippen LogP contribution in [0.3, 0.4) is 0 Å². The van der Waals surface area contributed by atoms with Gasteiger partial charge in [0, 0.05) is 35.9 Å². The molecule has 29 heavy (non-hydrogen) atoms. The number of amides is 2. The lowest BCUT2D eigenvalue weighted by Gasteiger charge is -2.29. The van der Waals surface area contributed by atoms with E-state index in [-0.39, 0.29) is 17.9 Å². The molecule has 3 rings (SSSR count). The summed E-state index contributed by atoms with van der Waals surface area (Å²) in [6, 6.07) is 14.5. The number of benzene rings is 2. The SMILES string of the molecule is CC(=O)Nc1cccc(N(C[C@H]2CCCN2)C(=O)C(C)Oc2cccc(Cl)c2)c1. The second kappa shape index (κ2) is 9.76. The number of rotatable bonds is 7. The van der Waals surface area contributed by atoms with Gasteiger partial charge >= 0.3 is 0 Å². The molecule has 7 heteroatoms. The van der Waals surface area contributed by atoms with Crippen LogP contribution in [0.25, 0.3) is 0 Å². The van der Waals surface area contributed by atoms with Crippen LogP contribution in [-0.4, -0.2) is 37.0 Å². The van der Waals surface area contributed by atoms with Gasteiger partial charge in [0.05, 0.1) is 0 Å². The summed E-state index contributed by atoms with van der Waals surface area (Å²) in [5, 5.41) is 6.76. The third-order valence-corrected chi connectivity index (χ3v) is 5.00. The van der Waals surface area contributed by atoms with Crippen LogP contribution in [0.15, 0.2) is 48.5 Å². The van der Waals surface area contributed by atoms with E-state index in [1.54, 1.807) is 48.2 Å². The molecule has 1 heterocycles.